The zero-order valence-corrected chi connectivity index (χ0v) is 18.7. The quantitative estimate of drug-likeness (QED) is 0.204. The van der Waals surface area contributed by atoms with Crippen LogP contribution in [0.1, 0.15) is 54.6 Å². The predicted molar refractivity (Wildman–Crippen MR) is 110 cm³/mol. The molecule has 36 heavy (non-hydrogen) atoms. The summed E-state index contributed by atoms with van der Waals surface area (Å²) < 4.78 is 122. The number of esters is 1. The predicted octanol–water partition coefficient (Wildman–Crippen LogP) is 7.48. The first-order chi connectivity index (χ1) is 16.9. The lowest BCUT2D eigenvalue weighted by Gasteiger charge is -2.29. The molecule has 1 fully saturated rings. The van der Waals surface area contributed by atoms with Gasteiger partial charge in [-0.1, -0.05) is 13.3 Å². The molecule has 1 aliphatic rings. The second kappa shape index (κ2) is 11.3. The molecule has 2 aromatic carbocycles. The molecule has 1 aliphatic heterocycles. The molecule has 1 saturated heterocycles. The monoisotopic (exact) mass is 524 g/mol. The van der Waals surface area contributed by atoms with Crippen LogP contribution in [-0.2, 0) is 4.74 Å². The van der Waals surface area contributed by atoms with Crippen LogP contribution in [0.3, 0.4) is 0 Å². The lowest BCUT2D eigenvalue weighted by Crippen LogP contribution is -2.23. The van der Waals surface area contributed by atoms with E-state index in [1.54, 1.807) is 0 Å². The molecule has 3 rings (SSSR count). The van der Waals surface area contributed by atoms with Gasteiger partial charge in [0.25, 0.3) is 6.08 Å². The number of rotatable bonds is 8. The van der Waals surface area contributed by atoms with E-state index in [2.05, 4.69) is 9.47 Å². The summed E-state index contributed by atoms with van der Waals surface area (Å²) in [5.41, 5.74) is -0.996. The molecular formula is C24H20F8O4. The van der Waals surface area contributed by atoms with Gasteiger partial charge in [0.15, 0.2) is 17.4 Å². The number of halogens is 8. The zero-order valence-electron chi connectivity index (χ0n) is 18.7. The number of hydrogen-bond donors (Lipinski definition) is 0. The standard InChI is InChI=1S/C24H20F8O4/c1-2-3-12-4-5-19(34-11-12)13-6-15(25)21(16(26)7-13)23(33)35-14-8-17(27)22(18(28)9-14)36-24(31,32)10-20(29)30/h6-10,12,19H,2-5,11H2,1H3. The fraction of sp³-hybridized carbons (Fsp3) is 0.375. The highest BCUT2D eigenvalue weighted by atomic mass is 19.3. The van der Waals surface area contributed by atoms with Crippen molar-refractivity contribution in [2.24, 2.45) is 5.92 Å². The van der Waals surface area contributed by atoms with E-state index in [9.17, 15) is 39.9 Å². The van der Waals surface area contributed by atoms with Crippen molar-refractivity contribution in [3.8, 4) is 11.5 Å². The molecule has 2 aromatic rings. The summed E-state index contributed by atoms with van der Waals surface area (Å²) in [6.45, 7) is 2.46. The number of carbonyl (C=O) groups excluding carboxylic acids is 1. The van der Waals surface area contributed by atoms with Crippen LogP contribution >= 0.6 is 0 Å². The first kappa shape index (κ1) is 27.4. The number of carbonyl (C=O) groups is 1. The molecule has 0 radical (unpaired) electrons. The normalized spacial score (nSPS) is 18.0. The van der Waals surface area contributed by atoms with E-state index in [-0.39, 0.29) is 17.7 Å². The molecule has 4 nitrogen and oxygen atoms in total. The van der Waals surface area contributed by atoms with Crippen molar-refractivity contribution in [2.75, 3.05) is 6.61 Å². The van der Waals surface area contributed by atoms with Gasteiger partial charge in [-0.05, 0) is 42.9 Å². The average molecular weight is 524 g/mol. The Morgan fingerprint density at radius 2 is 1.64 bits per heavy atom. The summed E-state index contributed by atoms with van der Waals surface area (Å²) in [6.07, 6.45) is -5.92. The summed E-state index contributed by atoms with van der Waals surface area (Å²) in [6, 6.07) is 2.19. The van der Waals surface area contributed by atoms with E-state index in [4.69, 9.17) is 4.74 Å². The Hall–Kier alpha value is -3.15. The zero-order chi connectivity index (χ0) is 26.6. The maximum absolute atomic E-state index is 14.6. The Balaban J connectivity index is 1.76. The van der Waals surface area contributed by atoms with Gasteiger partial charge < -0.3 is 14.2 Å². The highest BCUT2D eigenvalue weighted by Gasteiger charge is 2.34. The smallest absolute Gasteiger partial charge is 0.423 e. The fourth-order valence-corrected chi connectivity index (χ4v) is 3.82. The summed E-state index contributed by atoms with van der Waals surface area (Å²) >= 11 is 0. The summed E-state index contributed by atoms with van der Waals surface area (Å²) in [4.78, 5) is 12.3. The number of benzene rings is 2. The molecule has 12 heteroatoms. The maximum Gasteiger partial charge on any atom is 0.425 e. The Labute approximate surface area is 200 Å². The van der Waals surface area contributed by atoms with Gasteiger partial charge in [0.05, 0.1) is 18.8 Å². The molecule has 0 aromatic heterocycles. The van der Waals surface area contributed by atoms with Gasteiger partial charge >= 0.3 is 12.1 Å². The van der Waals surface area contributed by atoms with E-state index < -0.39 is 70.7 Å². The van der Waals surface area contributed by atoms with Gasteiger partial charge in [-0.2, -0.15) is 17.6 Å². The topological polar surface area (TPSA) is 44.8 Å². The van der Waals surface area contributed by atoms with Crippen molar-refractivity contribution in [1.29, 1.82) is 0 Å². The van der Waals surface area contributed by atoms with Crippen LogP contribution in [0.2, 0.25) is 0 Å². The molecule has 0 spiro atoms. The van der Waals surface area contributed by atoms with Crippen molar-refractivity contribution in [1.82, 2.24) is 0 Å². The van der Waals surface area contributed by atoms with Crippen LogP contribution in [0.25, 0.3) is 0 Å². The third-order valence-electron chi connectivity index (χ3n) is 5.41. The van der Waals surface area contributed by atoms with E-state index >= 15 is 0 Å². The van der Waals surface area contributed by atoms with Gasteiger partial charge in [0.2, 0.25) is 0 Å². The maximum atomic E-state index is 14.6. The Bertz CT molecular complexity index is 1090. The molecule has 0 N–H and O–H groups in total. The molecular weight excluding hydrogens is 504 g/mol. The molecule has 0 amide bonds. The third-order valence-corrected chi connectivity index (χ3v) is 5.41. The first-order valence-corrected chi connectivity index (χ1v) is 10.8. The Kier molecular flexibility index (Phi) is 8.59. The van der Waals surface area contributed by atoms with Crippen molar-refractivity contribution in [2.45, 2.75) is 44.8 Å². The van der Waals surface area contributed by atoms with Gasteiger partial charge in [0, 0.05) is 12.1 Å². The molecule has 2 unspecified atom stereocenters. The minimum absolute atomic E-state index is 0.162. The van der Waals surface area contributed by atoms with Crippen LogP contribution in [0.5, 0.6) is 11.5 Å². The minimum atomic E-state index is -4.76. The van der Waals surface area contributed by atoms with Crippen molar-refractivity contribution < 1.29 is 54.1 Å². The van der Waals surface area contributed by atoms with E-state index in [0.717, 1.165) is 31.4 Å². The van der Waals surface area contributed by atoms with Crippen LogP contribution < -0.4 is 9.47 Å². The highest BCUT2D eigenvalue weighted by Crippen LogP contribution is 2.35. The molecule has 196 valence electrons. The molecule has 0 aliphatic carbocycles. The lowest BCUT2D eigenvalue weighted by atomic mass is 9.91. The van der Waals surface area contributed by atoms with E-state index in [1.165, 1.54) is 0 Å². The van der Waals surface area contributed by atoms with E-state index in [1.807, 2.05) is 6.92 Å². The number of hydrogen-bond acceptors (Lipinski definition) is 4. The molecule has 2 atom stereocenters. The van der Waals surface area contributed by atoms with Crippen molar-refractivity contribution in [3.05, 3.63) is 70.8 Å². The lowest BCUT2D eigenvalue weighted by molar-refractivity contribution is -0.137. The molecule has 0 saturated carbocycles. The molecule has 1 heterocycles. The van der Waals surface area contributed by atoms with E-state index in [0.29, 0.717) is 18.9 Å². The van der Waals surface area contributed by atoms with Crippen LogP contribution in [0.15, 0.2) is 36.4 Å². The first-order valence-electron chi connectivity index (χ1n) is 10.8. The summed E-state index contributed by atoms with van der Waals surface area (Å²) in [7, 11) is 0. The van der Waals surface area contributed by atoms with Gasteiger partial charge in [-0.25, -0.2) is 22.4 Å². The summed E-state index contributed by atoms with van der Waals surface area (Å²) in [5, 5.41) is 0. The van der Waals surface area contributed by atoms with Gasteiger partial charge in [-0.3, -0.25) is 0 Å². The minimum Gasteiger partial charge on any atom is -0.423 e. The Morgan fingerprint density at radius 1 is 1.03 bits per heavy atom. The van der Waals surface area contributed by atoms with Gasteiger partial charge in [0.1, 0.15) is 22.9 Å². The van der Waals surface area contributed by atoms with Crippen LogP contribution in [-0.4, -0.2) is 18.7 Å². The molecule has 0 bridgehead atoms. The van der Waals surface area contributed by atoms with Crippen LogP contribution in [0, 0.1) is 29.2 Å². The Morgan fingerprint density at radius 3 is 2.14 bits per heavy atom. The van der Waals surface area contributed by atoms with Gasteiger partial charge in [-0.15, -0.1) is 0 Å². The second-order valence-electron chi connectivity index (χ2n) is 8.12. The summed E-state index contributed by atoms with van der Waals surface area (Å²) in [5.74, 6) is -10.3. The van der Waals surface area contributed by atoms with Crippen molar-refractivity contribution >= 4 is 5.97 Å². The second-order valence-corrected chi connectivity index (χ2v) is 8.12. The average Bonchev–Trinajstić information content (AvgIpc) is 2.75. The van der Waals surface area contributed by atoms with Crippen molar-refractivity contribution in [3.63, 3.8) is 0 Å². The number of ether oxygens (including phenoxy) is 3. The number of alkyl halides is 2. The largest absolute Gasteiger partial charge is 0.425 e. The van der Waals surface area contributed by atoms with Crippen LogP contribution in [0.4, 0.5) is 35.1 Å². The SMILES string of the molecule is CCCC1CCC(c2cc(F)c(C(=O)Oc3cc(F)c(OC(F)(F)C=C(F)F)c(F)c3)c(F)c2)OC1. The highest BCUT2D eigenvalue weighted by molar-refractivity contribution is 5.91. The third kappa shape index (κ3) is 6.74. The fourth-order valence-electron chi connectivity index (χ4n) is 3.82.